The van der Waals surface area contributed by atoms with Crippen molar-refractivity contribution in [3.63, 3.8) is 0 Å². The van der Waals surface area contributed by atoms with Crippen LogP contribution in [0.25, 0.3) is 10.2 Å². The lowest BCUT2D eigenvalue weighted by Crippen LogP contribution is -2.24. The number of hydrogen-bond donors (Lipinski definition) is 2. The van der Waals surface area contributed by atoms with Crippen molar-refractivity contribution >= 4 is 45.0 Å². The Bertz CT molecular complexity index is 1340. The quantitative estimate of drug-likeness (QED) is 0.276. The fourth-order valence-electron chi connectivity index (χ4n) is 3.30. The molecule has 11 heteroatoms. The highest BCUT2D eigenvalue weighted by Crippen LogP contribution is 2.28. The van der Waals surface area contributed by atoms with Gasteiger partial charge in [0.05, 0.1) is 25.5 Å². The van der Waals surface area contributed by atoms with E-state index in [1.807, 2.05) is 36.6 Å². The first-order chi connectivity index (χ1) is 16.0. The molecule has 0 bridgehead atoms. The molecule has 0 atom stereocenters. The maximum absolute atomic E-state index is 13.2. The first-order valence-electron chi connectivity index (χ1n) is 10.1. The Balaban J connectivity index is 1.54. The second-order valence-corrected chi connectivity index (χ2v) is 9.06. The van der Waals surface area contributed by atoms with E-state index in [1.165, 1.54) is 23.1 Å². The molecule has 1 amide bonds. The molecule has 3 heterocycles. The number of nitrogens with one attached hydrogen (secondary N) is 2. The Kier molecular flexibility index (Phi) is 6.99. The van der Waals surface area contributed by atoms with Crippen molar-refractivity contribution in [3.05, 3.63) is 57.3 Å². The zero-order valence-corrected chi connectivity index (χ0v) is 20.0. The van der Waals surface area contributed by atoms with Crippen LogP contribution in [0.15, 0.2) is 45.7 Å². The van der Waals surface area contributed by atoms with Gasteiger partial charge in [0.15, 0.2) is 22.5 Å². The van der Waals surface area contributed by atoms with Crippen molar-refractivity contribution in [3.8, 4) is 11.5 Å². The number of rotatable bonds is 9. The van der Waals surface area contributed by atoms with Crippen molar-refractivity contribution in [2.45, 2.75) is 25.0 Å². The van der Waals surface area contributed by atoms with E-state index in [4.69, 9.17) is 9.47 Å². The summed E-state index contributed by atoms with van der Waals surface area (Å²) in [5, 5.41) is 11.9. The minimum absolute atomic E-state index is 0.102. The molecule has 0 spiro atoms. The Morgan fingerprint density at radius 1 is 1.21 bits per heavy atom. The normalized spacial score (nSPS) is 11.0. The molecule has 1 aromatic carbocycles. The highest BCUT2D eigenvalue weighted by atomic mass is 32.2. The number of carbonyl (C=O) groups excluding carboxylic acids is 1. The first-order valence-corrected chi connectivity index (χ1v) is 12.0. The lowest BCUT2D eigenvalue weighted by Gasteiger charge is -2.13. The summed E-state index contributed by atoms with van der Waals surface area (Å²) < 4.78 is 12.9. The highest BCUT2D eigenvalue weighted by Gasteiger charge is 2.15. The smallest absolute Gasteiger partial charge is 0.272 e. The fourth-order valence-corrected chi connectivity index (χ4v) is 4.90. The van der Waals surface area contributed by atoms with Gasteiger partial charge < -0.3 is 14.8 Å². The molecule has 0 saturated carbocycles. The second-order valence-electron chi connectivity index (χ2n) is 7.20. The Hall–Kier alpha value is -3.31. The standard InChI is InChI=1S/C22H23N5O4S2/c1-13-10-18(26-25-13)24-19(28)12-33-22-23-15-7-9-32-20(15)21(29)27(22)8-6-14-4-5-16(30-2)17(11-14)31-3/h4-5,7,9-11H,6,8,12H2,1-3H3,(H2,24,25,26,28). The second kappa shape index (κ2) is 10.1. The molecule has 0 unspecified atom stereocenters. The maximum Gasteiger partial charge on any atom is 0.272 e. The molecule has 0 aliphatic heterocycles. The molecule has 3 aromatic heterocycles. The molecular formula is C22H23N5O4S2. The summed E-state index contributed by atoms with van der Waals surface area (Å²) in [6.45, 7) is 2.27. The van der Waals surface area contributed by atoms with E-state index >= 15 is 0 Å². The predicted octanol–water partition coefficient (Wildman–Crippen LogP) is 3.48. The largest absolute Gasteiger partial charge is 0.493 e. The van der Waals surface area contributed by atoms with Gasteiger partial charge in [0.2, 0.25) is 5.91 Å². The van der Waals surface area contributed by atoms with Crippen molar-refractivity contribution in [1.29, 1.82) is 0 Å². The Labute approximate surface area is 198 Å². The number of fused-ring (bicyclic) bond motifs is 1. The lowest BCUT2D eigenvalue weighted by atomic mass is 10.1. The van der Waals surface area contributed by atoms with Gasteiger partial charge in [0.1, 0.15) is 4.70 Å². The fraction of sp³-hybridized carbons (Fsp3) is 0.273. The van der Waals surface area contributed by atoms with Crippen LogP contribution in [-0.2, 0) is 17.8 Å². The number of aromatic amines is 1. The number of nitrogens with zero attached hydrogens (tertiary/aromatic N) is 3. The third-order valence-electron chi connectivity index (χ3n) is 4.91. The topological polar surface area (TPSA) is 111 Å². The van der Waals surface area contributed by atoms with Crippen LogP contribution in [0.1, 0.15) is 11.3 Å². The number of carbonyl (C=O) groups is 1. The summed E-state index contributed by atoms with van der Waals surface area (Å²) >= 11 is 2.59. The van der Waals surface area contributed by atoms with Crippen LogP contribution in [0.5, 0.6) is 11.5 Å². The van der Waals surface area contributed by atoms with Crippen LogP contribution in [-0.4, -0.2) is 45.6 Å². The number of thioether (sulfide) groups is 1. The average molecular weight is 486 g/mol. The number of benzene rings is 1. The number of aromatic nitrogens is 4. The van der Waals surface area contributed by atoms with Gasteiger partial charge in [0.25, 0.3) is 5.56 Å². The van der Waals surface area contributed by atoms with E-state index in [0.717, 1.165) is 11.3 Å². The molecular weight excluding hydrogens is 462 g/mol. The van der Waals surface area contributed by atoms with E-state index in [-0.39, 0.29) is 17.2 Å². The Morgan fingerprint density at radius 3 is 2.76 bits per heavy atom. The molecule has 0 saturated heterocycles. The van der Waals surface area contributed by atoms with E-state index in [0.29, 0.717) is 45.7 Å². The van der Waals surface area contributed by atoms with Gasteiger partial charge >= 0.3 is 0 Å². The zero-order valence-electron chi connectivity index (χ0n) is 18.4. The Morgan fingerprint density at radius 2 is 2.03 bits per heavy atom. The van der Waals surface area contributed by atoms with Crippen molar-refractivity contribution < 1.29 is 14.3 Å². The average Bonchev–Trinajstić information content (AvgIpc) is 3.45. The third-order valence-corrected chi connectivity index (χ3v) is 6.78. The summed E-state index contributed by atoms with van der Waals surface area (Å²) in [4.78, 5) is 30.2. The molecule has 9 nitrogen and oxygen atoms in total. The van der Waals surface area contributed by atoms with Crippen molar-refractivity contribution in [1.82, 2.24) is 19.7 Å². The number of hydrogen-bond acceptors (Lipinski definition) is 8. The van der Waals surface area contributed by atoms with Gasteiger partial charge in [-0.25, -0.2) is 4.98 Å². The maximum atomic E-state index is 13.2. The van der Waals surface area contributed by atoms with E-state index in [9.17, 15) is 9.59 Å². The predicted molar refractivity (Wildman–Crippen MR) is 130 cm³/mol. The van der Waals surface area contributed by atoms with Crippen LogP contribution < -0.4 is 20.3 Å². The molecule has 4 rings (SSSR count). The lowest BCUT2D eigenvalue weighted by molar-refractivity contribution is -0.113. The van der Waals surface area contributed by atoms with E-state index in [2.05, 4.69) is 20.5 Å². The monoisotopic (exact) mass is 485 g/mol. The molecule has 0 radical (unpaired) electrons. The molecule has 172 valence electrons. The summed E-state index contributed by atoms with van der Waals surface area (Å²) in [5.41, 5.74) is 2.37. The van der Waals surface area contributed by atoms with Crippen LogP contribution in [0.2, 0.25) is 0 Å². The van der Waals surface area contributed by atoms with E-state index in [1.54, 1.807) is 24.9 Å². The number of aryl methyl sites for hydroxylation is 2. The molecule has 0 aliphatic carbocycles. The van der Waals surface area contributed by atoms with Crippen LogP contribution in [0, 0.1) is 6.92 Å². The summed E-state index contributed by atoms with van der Waals surface area (Å²) in [7, 11) is 3.18. The third kappa shape index (κ3) is 5.20. The van der Waals surface area contributed by atoms with Crippen LogP contribution in [0.4, 0.5) is 5.82 Å². The highest BCUT2D eigenvalue weighted by molar-refractivity contribution is 7.99. The van der Waals surface area contributed by atoms with E-state index < -0.39 is 0 Å². The van der Waals surface area contributed by atoms with Gasteiger partial charge in [-0.05, 0) is 42.5 Å². The van der Waals surface area contributed by atoms with Gasteiger partial charge in [-0.2, -0.15) is 5.10 Å². The van der Waals surface area contributed by atoms with Gasteiger partial charge in [-0.1, -0.05) is 17.8 Å². The minimum Gasteiger partial charge on any atom is -0.493 e. The number of thiophene rings is 1. The molecule has 0 aliphatic rings. The number of anilines is 1. The summed E-state index contributed by atoms with van der Waals surface area (Å²) in [6.07, 6.45) is 0.588. The molecule has 33 heavy (non-hydrogen) atoms. The summed E-state index contributed by atoms with van der Waals surface area (Å²) in [6, 6.07) is 9.24. The van der Waals surface area contributed by atoms with Crippen LogP contribution >= 0.6 is 23.1 Å². The van der Waals surface area contributed by atoms with Gasteiger partial charge in [-0.15, -0.1) is 11.3 Å². The first kappa shape index (κ1) is 22.9. The molecule has 2 N–H and O–H groups in total. The zero-order chi connectivity index (χ0) is 23.4. The molecule has 4 aromatic rings. The van der Waals surface area contributed by atoms with Crippen LogP contribution in [0.3, 0.4) is 0 Å². The van der Waals surface area contributed by atoms with Crippen molar-refractivity contribution in [2.75, 3.05) is 25.3 Å². The number of amides is 1. The number of H-pyrrole nitrogens is 1. The van der Waals surface area contributed by atoms with Gasteiger partial charge in [0, 0.05) is 18.3 Å². The van der Waals surface area contributed by atoms with Gasteiger partial charge in [-0.3, -0.25) is 19.3 Å². The molecule has 0 fully saturated rings. The summed E-state index contributed by atoms with van der Waals surface area (Å²) in [5.74, 6) is 1.62. The number of ether oxygens (including phenoxy) is 2. The van der Waals surface area contributed by atoms with Crippen molar-refractivity contribution in [2.24, 2.45) is 0 Å². The minimum atomic E-state index is -0.224. The SMILES string of the molecule is COc1ccc(CCn2c(SCC(=O)Nc3cc(C)[nH]n3)nc3ccsc3c2=O)cc1OC. The number of methoxy groups -OCH3 is 2.